The Bertz CT molecular complexity index is 605. The molecule has 0 radical (unpaired) electrons. The van der Waals surface area contributed by atoms with Crippen LogP contribution in [0.1, 0.15) is 13.3 Å². The molecule has 22 heavy (non-hydrogen) atoms. The molecule has 0 aliphatic carbocycles. The van der Waals surface area contributed by atoms with Gasteiger partial charge in [-0.3, -0.25) is 14.4 Å². The molecule has 0 bridgehead atoms. The van der Waals surface area contributed by atoms with E-state index in [2.05, 4.69) is 0 Å². The molecule has 0 aromatic heterocycles. The lowest BCUT2D eigenvalue weighted by Gasteiger charge is -2.17. The number of nitrogens with zero attached hydrogens (tertiary/aromatic N) is 1. The fraction of sp³-hybridized carbons (Fsp3) is 0.400. The van der Waals surface area contributed by atoms with E-state index in [-0.39, 0.29) is 18.9 Å². The van der Waals surface area contributed by atoms with Crippen molar-refractivity contribution in [2.45, 2.75) is 24.3 Å². The van der Waals surface area contributed by atoms with Gasteiger partial charge in [-0.25, -0.2) is 0 Å². The summed E-state index contributed by atoms with van der Waals surface area (Å²) >= 11 is 1.58. The third kappa shape index (κ3) is 3.59. The lowest BCUT2D eigenvalue weighted by atomic mass is 10.1. The molecule has 2 N–H and O–H groups in total. The van der Waals surface area contributed by atoms with Crippen molar-refractivity contribution in [3.8, 4) is 0 Å². The fourth-order valence-electron chi connectivity index (χ4n) is 2.22. The van der Waals surface area contributed by atoms with Gasteiger partial charge in [0.15, 0.2) is 6.10 Å². The molecule has 118 valence electrons. The Labute approximate surface area is 133 Å². The van der Waals surface area contributed by atoms with Crippen LogP contribution in [-0.2, 0) is 19.1 Å². The quantitative estimate of drug-likeness (QED) is 0.649. The first-order chi connectivity index (χ1) is 10.4. The maximum absolute atomic E-state index is 12.1. The fourth-order valence-corrected chi connectivity index (χ4v) is 2.68. The molecule has 0 unspecified atom stereocenters. The number of primary amides is 1. The van der Waals surface area contributed by atoms with Gasteiger partial charge in [-0.2, -0.15) is 0 Å². The lowest BCUT2D eigenvalue weighted by molar-refractivity contribution is -0.157. The number of nitrogens with two attached hydrogens (primary N) is 1. The van der Waals surface area contributed by atoms with Crippen LogP contribution < -0.4 is 10.6 Å². The van der Waals surface area contributed by atoms with Crippen molar-refractivity contribution in [3.63, 3.8) is 0 Å². The van der Waals surface area contributed by atoms with Crippen LogP contribution in [0.5, 0.6) is 0 Å². The molecule has 0 saturated carbocycles. The number of thioether (sulfide) groups is 1. The second-order valence-electron chi connectivity index (χ2n) is 5.09. The Morgan fingerprint density at radius 3 is 2.82 bits per heavy atom. The van der Waals surface area contributed by atoms with Crippen molar-refractivity contribution in [2.75, 3.05) is 17.7 Å². The van der Waals surface area contributed by atoms with E-state index in [9.17, 15) is 14.4 Å². The molecule has 2 amide bonds. The molecular formula is C15H18N2O4S. The Morgan fingerprint density at radius 2 is 2.18 bits per heavy atom. The second kappa shape index (κ2) is 6.83. The molecule has 0 spiro atoms. The smallest absolute Gasteiger partial charge is 0.312 e. The number of hydrogen-bond acceptors (Lipinski definition) is 5. The van der Waals surface area contributed by atoms with Gasteiger partial charge >= 0.3 is 5.97 Å². The third-order valence-corrected chi connectivity index (χ3v) is 4.24. The van der Waals surface area contributed by atoms with Crippen LogP contribution in [0.3, 0.4) is 0 Å². The highest BCUT2D eigenvalue weighted by Crippen LogP contribution is 2.28. The van der Waals surface area contributed by atoms with Gasteiger partial charge < -0.3 is 15.4 Å². The van der Waals surface area contributed by atoms with Crippen LogP contribution in [0.25, 0.3) is 0 Å². The second-order valence-corrected chi connectivity index (χ2v) is 5.97. The molecule has 7 heteroatoms. The number of esters is 1. The summed E-state index contributed by atoms with van der Waals surface area (Å²) in [5.74, 6) is -1.98. The Morgan fingerprint density at radius 1 is 1.45 bits per heavy atom. The van der Waals surface area contributed by atoms with E-state index >= 15 is 0 Å². The number of amides is 2. The molecule has 1 saturated heterocycles. The minimum Gasteiger partial charge on any atom is -0.452 e. The number of anilines is 1. The predicted octanol–water partition coefficient (Wildman–Crippen LogP) is 1.18. The average molecular weight is 322 g/mol. The van der Waals surface area contributed by atoms with Crippen molar-refractivity contribution in [3.05, 3.63) is 24.3 Å². The highest BCUT2D eigenvalue weighted by Gasteiger charge is 2.37. The van der Waals surface area contributed by atoms with E-state index in [1.54, 1.807) is 16.7 Å². The molecule has 2 atom stereocenters. The molecule has 1 aromatic rings. The summed E-state index contributed by atoms with van der Waals surface area (Å²) in [6.45, 7) is 1.66. The van der Waals surface area contributed by atoms with E-state index in [1.807, 2.05) is 30.5 Å². The molecule has 6 nitrogen and oxygen atoms in total. The average Bonchev–Trinajstić information content (AvgIpc) is 2.89. The van der Waals surface area contributed by atoms with Crippen molar-refractivity contribution in [1.29, 1.82) is 0 Å². The van der Waals surface area contributed by atoms with Crippen LogP contribution in [0.4, 0.5) is 5.69 Å². The number of rotatable bonds is 5. The first kappa shape index (κ1) is 16.4. The van der Waals surface area contributed by atoms with Crippen molar-refractivity contribution in [2.24, 2.45) is 11.7 Å². The van der Waals surface area contributed by atoms with E-state index in [1.165, 1.54) is 6.92 Å². The molecule has 2 rings (SSSR count). The number of ether oxygens (including phenoxy) is 1. The van der Waals surface area contributed by atoms with Gasteiger partial charge in [0.05, 0.1) is 5.92 Å². The highest BCUT2D eigenvalue weighted by atomic mass is 32.2. The number of carbonyl (C=O) groups excluding carboxylic acids is 3. The minimum absolute atomic E-state index is 0.0772. The zero-order valence-electron chi connectivity index (χ0n) is 12.4. The van der Waals surface area contributed by atoms with Crippen LogP contribution in [0, 0.1) is 5.92 Å². The van der Waals surface area contributed by atoms with Gasteiger partial charge in [0.2, 0.25) is 5.91 Å². The van der Waals surface area contributed by atoms with Gasteiger partial charge in [0, 0.05) is 23.5 Å². The number of carbonyl (C=O) groups is 3. The number of benzene rings is 1. The molecular weight excluding hydrogens is 304 g/mol. The van der Waals surface area contributed by atoms with Crippen molar-refractivity contribution >= 4 is 35.2 Å². The van der Waals surface area contributed by atoms with E-state index in [4.69, 9.17) is 10.5 Å². The highest BCUT2D eigenvalue weighted by molar-refractivity contribution is 7.98. The summed E-state index contributed by atoms with van der Waals surface area (Å²) in [4.78, 5) is 37.7. The summed E-state index contributed by atoms with van der Waals surface area (Å²) < 4.78 is 4.98. The number of hydrogen-bond donors (Lipinski definition) is 1. The van der Waals surface area contributed by atoms with Crippen LogP contribution in [0.2, 0.25) is 0 Å². The SMILES string of the molecule is CSc1cccc(N2C[C@H](C(=O)O[C@@H](C)C(N)=O)CC2=O)c1. The molecule has 1 aromatic carbocycles. The summed E-state index contributed by atoms with van der Waals surface area (Å²) in [7, 11) is 0. The molecule has 1 aliphatic heterocycles. The maximum Gasteiger partial charge on any atom is 0.312 e. The Balaban J connectivity index is 2.07. The molecule has 1 aliphatic rings. The van der Waals surface area contributed by atoms with Crippen LogP contribution >= 0.6 is 11.8 Å². The lowest BCUT2D eigenvalue weighted by Crippen LogP contribution is -2.33. The summed E-state index contributed by atoms with van der Waals surface area (Å²) in [6.07, 6.45) is 1.04. The zero-order valence-corrected chi connectivity index (χ0v) is 13.3. The topological polar surface area (TPSA) is 89.7 Å². The third-order valence-electron chi connectivity index (χ3n) is 3.52. The van der Waals surface area contributed by atoms with Crippen molar-refractivity contribution < 1.29 is 19.1 Å². The van der Waals surface area contributed by atoms with E-state index in [0.29, 0.717) is 0 Å². The zero-order chi connectivity index (χ0) is 16.3. The Kier molecular flexibility index (Phi) is 5.07. The van der Waals surface area contributed by atoms with E-state index in [0.717, 1.165) is 10.6 Å². The largest absolute Gasteiger partial charge is 0.452 e. The standard InChI is InChI=1S/C15H18N2O4S/c1-9(14(16)19)21-15(20)10-6-13(18)17(8-10)11-4-3-5-12(7-11)22-2/h3-5,7,9-10H,6,8H2,1-2H3,(H2,16,19)/t9-,10+/m0/s1. The van der Waals surface area contributed by atoms with Crippen LogP contribution in [-0.4, -0.2) is 36.7 Å². The van der Waals surface area contributed by atoms with Gasteiger partial charge in [0.1, 0.15) is 0 Å². The minimum atomic E-state index is -0.989. The van der Waals surface area contributed by atoms with Gasteiger partial charge in [-0.1, -0.05) is 6.07 Å². The molecule has 1 fully saturated rings. The Hall–Kier alpha value is -2.02. The monoisotopic (exact) mass is 322 g/mol. The molecule has 1 heterocycles. The summed E-state index contributed by atoms with van der Waals surface area (Å²) in [5.41, 5.74) is 5.82. The van der Waals surface area contributed by atoms with Crippen molar-refractivity contribution in [1.82, 2.24) is 0 Å². The van der Waals surface area contributed by atoms with E-state index < -0.39 is 23.9 Å². The first-order valence-electron chi connectivity index (χ1n) is 6.86. The van der Waals surface area contributed by atoms with Gasteiger partial charge in [0.25, 0.3) is 5.91 Å². The maximum atomic E-state index is 12.1. The van der Waals surface area contributed by atoms with Gasteiger partial charge in [-0.15, -0.1) is 11.8 Å². The van der Waals surface area contributed by atoms with Gasteiger partial charge in [-0.05, 0) is 31.4 Å². The van der Waals surface area contributed by atoms with Crippen LogP contribution in [0.15, 0.2) is 29.2 Å². The first-order valence-corrected chi connectivity index (χ1v) is 8.09. The summed E-state index contributed by atoms with van der Waals surface area (Å²) in [6, 6.07) is 7.56. The predicted molar refractivity (Wildman–Crippen MR) is 83.4 cm³/mol. The summed E-state index contributed by atoms with van der Waals surface area (Å²) in [5, 5.41) is 0. The normalized spacial score (nSPS) is 19.1.